The van der Waals surface area contributed by atoms with E-state index in [0.717, 1.165) is 11.1 Å². The lowest BCUT2D eigenvalue weighted by Crippen LogP contribution is -2.31. The molecule has 2 aromatic carbocycles. The summed E-state index contributed by atoms with van der Waals surface area (Å²) < 4.78 is 0. The lowest BCUT2D eigenvalue weighted by Gasteiger charge is -2.22. The molecule has 0 aromatic heterocycles. The molecule has 0 fully saturated rings. The van der Waals surface area contributed by atoms with Crippen molar-refractivity contribution in [2.24, 2.45) is 5.92 Å². The van der Waals surface area contributed by atoms with Crippen molar-refractivity contribution in [3.8, 4) is 0 Å². The summed E-state index contributed by atoms with van der Waals surface area (Å²) in [5.41, 5.74) is 2.29. The summed E-state index contributed by atoms with van der Waals surface area (Å²) in [6, 6.07) is 20.2. The van der Waals surface area contributed by atoms with Crippen molar-refractivity contribution in [2.75, 3.05) is 6.54 Å². The summed E-state index contributed by atoms with van der Waals surface area (Å²) in [4.78, 5) is 11.2. The number of nitrogens with one attached hydrogen (secondary N) is 1. The van der Waals surface area contributed by atoms with Crippen LogP contribution in [-0.2, 0) is 4.79 Å². The molecule has 0 amide bonds. The van der Waals surface area contributed by atoms with Gasteiger partial charge in [-0.25, -0.2) is 0 Å². The Morgan fingerprint density at radius 2 is 1.48 bits per heavy atom. The maximum absolute atomic E-state index is 11.2. The van der Waals surface area contributed by atoms with Crippen LogP contribution in [0.2, 0.25) is 0 Å². The topological polar surface area (TPSA) is 49.3 Å². The maximum Gasteiger partial charge on any atom is 0.307 e. The second kappa shape index (κ2) is 7.60. The molecule has 21 heavy (non-hydrogen) atoms. The number of hydrogen-bond donors (Lipinski definition) is 2. The minimum atomic E-state index is -0.745. The molecule has 1 atom stereocenters. The van der Waals surface area contributed by atoms with Gasteiger partial charge in [-0.1, -0.05) is 67.6 Å². The van der Waals surface area contributed by atoms with Crippen molar-refractivity contribution in [3.63, 3.8) is 0 Å². The van der Waals surface area contributed by atoms with Crippen LogP contribution >= 0.6 is 0 Å². The Balaban J connectivity index is 2.19. The molecule has 110 valence electrons. The van der Waals surface area contributed by atoms with E-state index in [-0.39, 0.29) is 12.0 Å². The smallest absolute Gasteiger partial charge is 0.307 e. The van der Waals surface area contributed by atoms with Gasteiger partial charge in [0.2, 0.25) is 0 Å². The van der Waals surface area contributed by atoms with E-state index >= 15 is 0 Å². The molecule has 2 rings (SSSR count). The number of carboxylic acids is 1. The van der Waals surface area contributed by atoms with Crippen molar-refractivity contribution in [1.29, 1.82) is 0 Å². The first-order valence-electron chi connectivity index (χ1n) is 7.28. The van der Waals surface area contributed by atoms with Gasteiger partial charge in [0.15, 0.2) is 0 Å². The predicted molar refractivity (Wildman–Crippen MR) is 84.1 cm³/mol. The zero-order valence-corrected chi connectivity index (χ0v) is 12.2. The van der Waals surface area contributed by atoms with Gasteiger partial charge in [0.05, 0.1) is 12.0 Å². The quantitative estimate of drug-likeness (QED) is 0.818. The van der Waals surface area contributed by atoms with Gasteiger partial charge < -0.3 is 10.4 Å². The fourth-order valence-corrected chi connectivity index (χ4v) is 2.39. The van der Waals surface area contributed by atoms with E-state index in [1.807, 2.05) is 43.3 Å². The summed E-state index contributed by atoms with van der Waals surface area (Å²) in [6.07, 6.45) is 0.624. The Hall–Kier alpha value is -2.13. The van der Waals surface area contributed by atoms with E-state index in [1.165, 1.54) is 0 Å². The molecule has 0 bridgehead atoms. The number of aliphatic carboxylic acids is 1. The molecule has 0 saturated heterocycles. The van der Waals surface area contributed by atoms with Crippen LogP contribution in [0.25, 0.3) is 0 Å². The Bertz CT molecular complexity index is 514. The van der Waals surface area contributed by atoms with Gasteiger partial charge in [0.1, 0.15) is 0 Å². The van der Waals surface area contributed by atoms with Crippen LogP contribution in [0.15, 0.2) is 60.7 Å². The molecule has 2 N–H and O–H groups in total. The van der Waals surface area contributed by atoms with Crippen LogP contribution in [0.3, 0.4) is 0 Å². The first kappa shape index (κ1) is 15.3. The summed E-state index contributed by atoms with van der Waals surface area (Å²) >= 11 is 0. The fourth-order valence-electron chi connectivity index (χ4n) is 2.39. The van der Waals surface area contributed by atoms with Crippen molar-refractivity contribution in [3.05, 3.63) is 71.8 Å². The SMILES string of the molecule is CCC(CNC(c1ccccc1)c1ccccc1)C(=O)O. The third-order valence-electron chi connectivity index (χ3n) is 3.68. The minimum Gasteiger partial charge on any atom is -0.481 e. The first-order valence-corrected chi connectivity index (χ1v) is 7.28. The average molecular weight is 283 g/mol. The summed E-state index contributed by atoms with van der Waals surface area (Å²) in [5.74, 6) is -1.11. The molecule has 0 spiro atoms. The van der Waals surface area contributed by atoms with Crippen LogP contribution in [0.4, 0.5) is 0 Å². The van der Waals surface area contributed by atoms with E-state index in [2.05, 4.69) is 29.6 Å². The average Bonchev–Trinajstić information content (AvgIpc) is 2.53. The molecule has 1 unspecified atom stereocenters. The standard InChI is InChI=1S/C18H21NO2/c1-2-14(18(20)21)13-19-17(15-9-5-3-6-10-15)16-11-7-4-8-12-16/h3-12,14,17,19H,2,13H2,1H3,(H,20,21). The van der Waals surface area contributed by atoms with E-state index in [9.17, 15) is 9.90 Å². The lowest BCUT2D eigenvalue weighted by atomic mass is 9.97. The van der Waals surface area contributed by atoms with Crippen LogP contribution in [-0.4, -0.2) is 17.6 Å². The van der Waals surface area contributed by atoms with Gasteiger partial charge in [-0.15, -0.1) is 0 Å². The largest absolute Gasteiger partial charge is 0.481 e. The van der Waals surface area contributed by atoms with Crippen molar-refractivity contribution in [1.82, 2.24) is 5.32 Å². The number of hydrogen-bond acceptors (Lipinski definition) is 2. The van der Waals surface area contributed by atoms with Crippen LogP contribution in [0.5, 0.6) is 0 Å². The van der Waals surface area contributed by atoms with Gasteiger partial charge in [0.25, 0.3) is 0 Å². The molecule has 0 heterocycles. The molecule has 3 nitrogen and oxygen atoms in total. The molecule has 0 aliphatic rings. The molecular formula is C18H21NO2. The first-order chi connectivity index (χ1) is 10.2. The highest BCUT2D eigenvalue weighted by Gasteiger charge is 2.19. The van der Waals surface area contributed by atoms with Crippen LogP contribution < -0.4 is 5.32 Å². The Kier molecular flexibility index (Phi) is 5.52. The highest BCUT2D eigenvalue weighted by molar-refractivity contribution is 5.70. The maximum atomic E-state index is 11.2. The number of carbonyl (C=O) groups is 1. The number of rotatable bonds is 7. The third-order valence-corrected chi connectivity index (χ3v) is 3.68. The number of benzene rings is 2. The van der Waals surface area contributed by atoms with Gasteiger partial charge in [0, 0.05) is 6.54 Å². The molecule has 2 aromatic rings. The Labute approximate surface area is 125 Å². The zero-order chi connectivity index (χ0) is 15.1. The van der Waals surface area contributed by atoms with Crippen molar-refractivity contribution < 1.29 is 9.90 Å². The highest BCUT2D eigenvalue weighted by atomic mass is 16.4. The molecule has 0 aliphatic heterocycles. The van der Waals surface area contributed by atoms with Crippen molar-refractivity contribution in [2.45, 2.75) is 19.4 Å². The normalized spacial score (nSPS) is 12.3. The van der Waals surface area contributed by atoms with E-state index in [4.69, 9.17) is 0 Å². The second-order valence-electron chi connectivity index (χ2n) is 5.11. The lowest BCUT2D eigenvalue weighted by molar-refractivity contribution is -0.141. The molecule has 3 heteroatoms. The summed E-state index contributed by atoms with van der Waals surface area (Å²) in [6.45, 7) is 2.36. The monoisotopic (exact) mass is 283 g/mol. The Morgan fingerprint density at radius 1 is 1.00 bits per heavy atom. The number of carboxylic acid groups (broad SMARTS) is 1. The highest BCUT2D eigenvalue weighted by Crippen LogP contribution is 2.22. The Morgan fingerprint density at radius 3 is 1.86 bits per heavy atom. The summed E-state index contributed by atoms with van der Waals surface area (Å²) in [5, 5.41) is 12.6. The molecule has 0 radical (unpaired) electrons. The van der Waals surface area contributed by atoms with Gasteiger partial charge in [-0.05, 0) is 17.5 Å². The minimum absolute atomic E-state index is 0.0146. The van der Waals surface area contributed by atoms with Crippen LogP contribution in [0, 0.1) is 5.92 Å². The summed E-state index contributed by atoms with van der Waals surface area (Å²) in [7, 11) is 0. The van der Waals surface area contributed by atoms with E-state index in [0.29, 0.717) is 13.0 Å². The third kappa shape index (κ3) is 4.17. The van der Waals surface area contributed by atoms with Gasteiger partial charge >= 0.3 is 5.97 Å². The van der Waals surface area contributed by atoms with E-state index < -0.39 is 5.97 Å². The zero-order valence-electron chi connectivity index (χ0n) is 12.2. The van der Waals surface area contributed by atoms with Gasteiger partial charge in [-0.2, -0.15) is 0 Å². The van der Waals surface area contributed by atoms with Gasteiger partial charge in [-0.3, -0.25) is 4.79 Å². The predicted octanol–water partition coefficient (Wildman–Crippen LogP) is 3.48. The molecule has 0 saturated carbocycles. The van der Waals surface area contributed by atoms with Crippen molar-refractivity contribution >= 4 is 5.97 Å². The molecular weight excluding hydrogens is 262 g/mol. The second-order valence-corrected chi connectivity index (χ2v) is 5.11. The fraction of sp³-hybridized carbons (Fsp3) is 0.278. The van der Waals surface area contributed by atoms with E-state index in [1.54, 1.807) is 0 Å². The van der Waals surface area contributed by atoms with Crippen LogP contribution in [0.1, 0.15) is 30.5 Å². The molecule has 0 aliphatic carbocycles.